The van der Waals surface area contributed by atoms with E-state index >= 15 is 0 Å². The van der Waals surface area contributed by atoms with Crippen molar-refractivity contribution < 1.29 is 9.90 Å². The van der Waals surface area contributed by atoms with Gasteiger partial charge >= 0.3 is 5.97 Å². The number of H-pyrrole nitrogens is 1. The number of carboxylic acid groups (broad SMARTS) is 1. The van der Waals surface area contributed by atoms with Crippen LogP contribution in [0.15, 0.2) is 24.4 Å². The van der Waals surface area contributed by atoms with Crippen molar-refractivity contribution in [1.29, 1.82) is 0 Å². The van der Waals surface area contributed by atoms with Crippen molar-refractivity contribution >= 4 is 16.9 Å². The van der Waals surface area contributed by atoms with Crippen molar-refractivity contribution in [3.63, 3.8) is 0 Å². The monoisotopic (exact) mass is 245 g/mol. The van der Waals surface area contributed by atoms with Gasteiger partial charge in [-0.1, -0.05) is 26.8 Å². The zero-order valence-corrected chi connectivity index (χ0v) is 11.1. The van der Waals surface area contributed by atoms with Crippen LogP contribution in [0, 0.1) is 0 Å². The first-order chi connectivity index (χ1) is 8.38. The minimum absolute atomic E-state index is 0.107. The molecule has 1 heterocycles. The number of aliphatic carboxylic acids is 1. The Bertz CT molecular complexity index is 576. The van der Waals surface area contributed by atoms with Crippen LogP contribution < -0.4 is 0 Å². The fourth-order valence-corrected chi connectivity index (χ4v) is 2.09. The van der Waals surface area contributed by atoms with E-state index in [9.17, 15) is 4.79 Å². The lowest BCUT2D eigenvalue weighted by Gasteiger charge is -2.19. The van der Waals surface area contributed by atoms with Gasteiger partial charge in [0, 0.05) is 23.5 Å². The number of carboxylic acids is 1. The summed E-state index contributed by atoms with van der Waals surface area (Å²) in [6.45, 7) is 6.53. The third-order valence-electron chi connectivity index (χ3n) is 3.24. The van der Waals surface area contributed by atoms with E-state index in [4.69, 9.17) is 5.11 Å². The summed E-state index contributed by atoms with van der Waals surface area (Å²) in [6.07, 6.45) is 2.66. The largest absolute Gasteiger partial charge is 0.481 e. The van der Waals surface area contributed by atoms with Crippen molar-refractivity contribution in [3.05, 3.63) is 35.5 Å². The molecule has 0 saturated heterocycles. The molecule has 18 heavy (non-hydrogen) atoms. The summed E-state index contributed by atoms with van der Waals surface area (Å²) < 4.78 is 0. The van der Waals surface area contributed by atoms with Crippen LogP contribution in [0.3, 0.4) is 0 Å². The van der Waals surface area contributed by atoms with Crippen LogP contribution in [-0.4, -0.2) is 16.1 Å². The second-order valence-electron chi connectivity index (χ2n) is 5.72. The molecule has 3 heteroatoms. The first kappa shape index (κ1) is 12.7. The highest BCUT2D eigenvalue weighted by Gasteiger charge is 2.15. The molecule has 0 saturated carbocycles. The van der Waals surface area contributed by atoms with E-state index in [1.807, 2.05) is 6.20 Å². The number of aromatic amines is 1. The van der Waals surface area contributed by atoms with Crippen LogP contribution in [0.5, 0.6) is 0 Å². The summed E-state index contributed by atoms with van der Waals surface area (Å²) in [7, 11) is 0. The zero-order valence-electron chi connectivity index (χ0n) is 11.1. The Morgan fingerprint density at radius 2 is 2.06 bits per heavy atom. The number of fused-ring (bicyclic) bond motifs is 1. The summed E-state index contributed by atoms with van der Waals surface area (Å²) in [5, 5.41) is 9.90. The predicted molar refractivity (Wildman–Crippen MR) is 73.0 cm³/mol. The Kier molecular flexibility index (Phi) is 3.16. The van der Waals surface area contributed by atoms with Gasteiger partial charge in [-0.05, 0) is 35.1 Å². The molecule has 1 aromatic heterocycles. The molecular weight excluding hydrogens is 226 g/mol. The maximum Gasteiger partial charge on any atom is 0.303 e. The maximum absolute atomic E-state index is 10.6. The quantitative estimate of drug-likeness (QED) is 0.869. The summed E-state index contributed by atoms with van der Waals surface area (Å²) in [4.78, 5) is 13.8. The molecule has 2 rings (SSSR count). The minimum Gasteiger partial charge on any atom is -0.481 e. The van der Waals surface area contributed by atoms with E-state index in [0.29, 0.717) is 6.42 Å². The topological polar surface area (TPSA) is 53.1 Å². The number of benzene rings is 1. The molecule has 2 N–H and O–H groups in total. The number of aryl methyl sites for hydroxylation is 1. The molecule has 1 aromatic carbocycles. The number of nitrogens with one attached hydrogen (secondary N) is 1. The van der Waals surface area contributed by atoms with Gasteiger partial charge in [0.15, 0.2) is 0 Å². The zero-order chi connectivity index (χ0) is 13.3. The highest BCUT2D eigenvalue weighted by Crippen LogP contribution is 2.28. The SMILES string of the molecule is CC(C)(C)c1ccc2[nH]cc(CCC(=O)O)c2c1. The van der Waals surface area contributed by atoms with Crippen LogP contribution >= 0.6 is 0 Å². The van der Waals surface area contributed by atoms with E-state index in [0.717, 1.165) is 16.5 Å². The lowest BCUT2D eigenvalue weighted by Crippen LogP contribution is -2.10. The molecular formula is C15H19NO2. The maximum atomic E-state index is 10.6. The first-order valence-electron chi connectivity index (χ1n) is 6.20. The van der Waals surface area contributed by atoms with Crippen LogP contribution in [0.2, 0.25) is 0 Å². The number of hydrogen-bond donors (Lipinski definition) is 2. The van der Waals surface area contributed by atoms with Crippen LogP contribution in [0.4, 0.5) is 0 Å². The summed E-state index contributed by atoms with van der Waals surface area (Å²) in [5.74, 6) is -0.753. The van der Waals surface area contributed by atoms with Gasteiger partial charge in [-0.25, -0.2) is 0 Å². The van der Waals surface area contributed by atoms with Crippen LogP contribution in [-0.2, 0) is 16.6 Å². The van der Waals surface area contributed by atoms with Crippen molar-refractivity contribution in [3.8, 4) is 0 Å². The van der Waals surface area contributed by atoms with Gasteiger partial charge in [0.2, 0.25) is 0 Å². The third kappa shape index (κ3) is 2.55. The number of carbonyl (C=O) groups is 1. The fourth-order valence-electron chi connectivity index (χ4n) is 2.09. The van der Waals surface area contributed by atoms with Gasteiger partial charge in [0.05, 0.1) is 0 Å². The smallest absolute Gasteiger partial charge is 0.303 e. The van der Waals surface area contributed by atoms with E-state index in [2.05, 4.69) is 44.0 Å². The van der Waals surface area contributed by atoms with Crippen molar-refractivity contribution in [1.82, 2.24) is 4.98 Å². The predicted octanol–water partition coefficient (Wildman–Crippen LogP) is 3.48. The lowest BCUT2D eigenvalue weighted by molar-refractivity contribution is -0.136. The van der Waals surface area contributed by atoms with Gasteiger partial charge in [0.1, 0.15) is 0 Å². The Morgan fingerprint density at radius 1 is 1.33 bits per heavy atom. The van der Waals surface area contributed by atoms with E-state index in [1.54, 1.807) is 0 Å². The van der Waals surface area contributed by atoms with Gasteiger partial charge in [0.25, 0.3) is 0 Å². The summed E-state index contributed by atoms with van der Waals surface area (Å²) >= 11 is 0. The molecule has 0 bridgehead atoms. The number of hydrogen-bond acceptors (Lipinski definition) is 1. The van der Waals surface area contributed by atoms with Crippen molar-refractivity contribution in [2.45, 2.75) is 39.0 Å². The number of rotatable bonds is 3. The Hall–Kier alpha value is -1.77. The lowest BCUT2D eigenvalue weighted by atomic mass is 9.86. The average Bonchev–Trinajstić information content (AvgIpc) is 2.67. The molecule has 0 aliphatic carbocycles. The molecule has 96 valence electrons. The fraction of sp³-hybridized carbons (Fsp3) is 0.400. The Morgan fingerprint density at radius 3 is 2.67 bits per heavy atom. The van der Waals surface area contributed by atoms with E-state index in [-0.39, 0.29) is 11.8 Å². The van der Waals surface area contributed by atoms with E-state index in [1.165, 1.54) is 5.56 Å². The molecule has 0 amide bonds. The molecule has 0 aliphatic rings. The molecule has 0 fully saturated rings. The number of aromatic nitrogens is 1. The van der Waals surface area contributed by atoms with E-state index < -0.39 is 5.97 Å². The standard InChI is InChI=1S/C15H19NO2/c1-15(2,3)11-5-6-13-12(8-11)10(9-16-13)4-7-14(17)18/h5-6,8-9,16H,4,7H2,1-3H3,(H,17,18). The average molecular weight is 245 g/mol. The third-order valence-corrected chi connectivity index (χ3v) is 3.24. The van der Waals surface area contributed by atoms with Gasteiger partial charge < -0.3 is 10.1 Å². The van der Waals surface area contributed by atoms with Crippen molar-refractivity contribution in [2.75, 3.05) is 0 Å². The van der Waals surface area contributed by atoms with Crippen LogP contribution in [0.25, 0.3) is 10.9 Å². The first-order valence-corrected chi connectivity index (χ1v) is 6.20. The molecule has 0 unspecified atom stereocenters. The van der Waals surface area contributed by atoms with Crippen molar-refractivity contribution in [2.24, 2.45) is 0 Å². The summed E-state index contributed by atoms with van der Waals surface area (Å²) in [6, 6.07) is 6.36. The van der Waals surface area contributed by atoms with Gasteiger partial charge in [-0.15, -0.1) is 0 Å². The molecule has 0 spiro atoms. The molecule has 0 atom stereocenters. The Balaban J connectivity index is 2.40. The normalized spacial score (nSPS) is 11.9. The second kappa shape index (κ2) is 4.48. The molecule has 0 radical (unpaired) electrons. The van der Waals surface area contributed by atoms with Gasteiger partial charge in [-0.3, -0.25) is 4.79 Å². The summed E-state index contributed by atoms with van der Waals surface area (Å²) in [5.41, 5.74) is 3.53. The second-order valence-corrected chi connectivity index (χ2v) is 5.72. The Labute approximate surface area is 107 Å². The van der Waals surface area contributed by atoms with Gasteiger partial charge in [-0.2, -0.15) is 0 Å². The van der Waals surface area contributed by atoms with Crippen LogP contribution in [0.1, 0.15) is 38.3 Å². The highest BCUT2D eigenvalue weighted by atomic mass is 16.4. The highest BCUT2D eigenvalue weighted by molar-refractivity contribution is 5.84. The minimum atomic E-state index is -0.753. The molecule has 0 aliphatic heterocycles. The molecule has 3 nitrogen and oxygen atoms in total. The molecule has 2 aromatic rings.